The van der Waals surface area contributed by atoms with Crippen molar-refractivity contribution in [1.82, 2.24) is 4.90 Å². The Labute approximate surface area is 101 Å². The number of carbonyl (C=O) groups is 1. The molecule has 1 saturated carbocycles. The lowest BCUT2D eigenvalue weighted by Crippen LogP contribution is -2.38. The van der Waals surface area contributed by atoms with Crippen LogP contribution < -0.4 is 0 Å². The second kappa shape index (κ2) is 5.41. The van der Waals surface area contributed by atoms with E-state index in [0.29, 0.717) is 18.0 Å². The molecular weight excluding hydrogens is 217 g/mol. The third-order valence-corrected chi connectivity index (χ3v) is 3.56. The Kier molecular flexibility index (Phi) is 3.89. The van der Waals surface area contributed by atoms with E-state index < -0.39 is 0 Å². The fourth-order valence-electron chi connectivity index (χ4n) is 2.07. The highest BCUT2D eigenvalue weighted by atomic mass is 19.1. The molecule has 1 aliphatic rings. The van der Waals surface area contributed by atoms with Crippen LogP contribution in [-0.2, 0) is 0 Å². The second-order valence-corrected chi connectivity index (χ2v) is 4.75. The van der Waals surface area contributed by atoms with Crippen molar-refractivity contribution in [2.75, 3.05) is 13.6 Å². The average Bonchev–Trinajstić information content (AvgIpc) is 2.24. The third kappa shape index (κ3) is 3.13. The molecule has 2 nitrogen and oxygen atoms in total. The average molecular weight is 235 g/mol. The van der Waals surface area contributed by atoms with E-state index in [1.54, 1.807) is 12.1 Å². The van der Waals surface area contributed by atoms with Gasteiger partial charge in [0.2, 0.25) is 0 Å². The predicted molar refractivity (Wildman–Crippen MR) is 65.6 cm³/mol. The van der Waals surface area contributed by atoms with Crippen molar-refractivity contribution >= 4 is 5.78 Å². The van der Waals surface area contributed by atoms with E-state index in [1.165, 1.54) is 31.4 Å². The van der Waals surface area contributed by atoms with E-state index >= 15 is 0 Å². The summed E-state index contributed by atoms with van der Waals surface area (Å²) in [5.41, 5.74) is 0.605. The molecule has 0 bridgehead atoms. The Hall–Kier alpha value is -1.22. The molecule has 0 spiro atoms. The van der Waals surface area contributed by atoms with Crippen LogP contribution in [0.3, 0.4) is 0 Å². The number of hydrogen-bond acceptors (Lipinski definition) is 2. The highest BCUT2D eigenvalue weighted by Crippen LogP contribution is 2.23. The highest BCUT2D eigenvalue weighted by Gasteiger charge is 2.22. The topological polar surface area (TPSA) is 20.3 Å². The Balaban J connectivity index is 1.82. The molecule has 0 radical (unpaired) electrons. The van der Waals surface area contributed by atoms with Crippen LogP contribution in [0.15, 0.2) is 24.3 Å². The molecule has 1 aliphatic carbocycles. The van der Waals surface area contributed by atoms with Crippen molar-refractivity contribution in [2.45, 2.75) is 31.7 Å². The van der Waals surface area contributed by atoms with E-state index in [4.69, 9.17) is 0 Å². The minimum Gasteiger partial charge on any atom is -0.303 e. The number of nitrogens with zero attached hydrogens (tertiary/aromatic N) is 1. The molecule has 0 atom stereocenters. The van der Waals surface area contributed by atoms with Crippen molar-refractivity contribution in [2.24, 2.45) is 0 Å². The van der Waals surface area contributed by atoms with Crippen LogP contribution in [0.5, 0.6) is 0 Å². The predicted octanol–water partition coefficient (Wildman–Crippen LogP) is 2.88. The number of benzene rings is 1. The number of halogens is 1. The Bertz CT molecular complexity index is 384. The van der Waals surface area contributed by atoms with Crippen LogP contribution in [-0.4, -0.2) is 30.3 Å². The summed E-state index contributed by atoms with van der Waals surface area (Å²) in [5.74, 6) is -0.204. The number of ketones is 1. The summed E-state index contributed by atoms with van der Waals surface area (Å²) in [6.07, 6.45) is 4.32. The first-order valence-corrected chi connectivity index (χ1v) is 6.16. The zero-order valence-corrected chi connectivity index (χ0v) is 10.2. The monoisotopic (exact) mass is 235 g/mol. The third-order valence-electron chi connectivity index (χ3n) is 3.56. The highest BCUT2D eigenvalue weighted by molar-refractivity contribution is 5.96. The van der Waals surface area contributed by atoms with Crippen LogP contribution in [0.2, 0.25) is 0 Å². The van der Waals surface area contributed by atoms with E-state index in [1.807, 2.05) is 0 Å². The molecule has 0 heterocycles. The zero-order chi connectivity index (χ0) is 12.3. The minimum atomic E-state index is -0.298. The van der Waals surface area contributed by atoms with Gasteiger partial charge in [0.25, 0.3) is 0 Å². The molecule has 2 rings (SSSR count). The van der Waals surface area contributed by atoms with Crippen molar-refractivity contribution in [1.29, 1.82) is 0 Å². The van der Waals surface area contributed by atoms with E-state index in [9.17, 15) is 9.18 Å². The molecule has 17 heavy (non-hydrogen) atoms. The lowest BCUT2D eigenvalue weighted by molar-refractivity contribution is 0.0939. The summed E-state index contributed by atoms with van der Waals surface area (Å²) in [6, 6.07) is 6.45. The number of rotatable bonds is 5. The van der Waals surface area contributed by atoms with Crippen LogP contribution >= 0.6 is 0 Å². The Morgan fingerprint density at radius 2 is 2.00 bits per heavy atom. The van der Waals surface area contributed by atoms with E-state index in [-0.39, 0.29) is 11.6 Å². The second-order valence-electron chi connectivity index (χ2n) is 4.75. The van der Waals surface area contributed by atoms with Gasteiger partial charge in [-0.15, -0.1) is 0 Å². The number of hydrogen-bond donors (Lipinski definition) is 0. The first-order chi connectivity index (χ1) is 8.16. The Morgan fingerprint density at radius 1 is 1.35 bits per heavy atom. The summed E-state index contributed by atoms with van der Waals surface area (Å²) in [4.78, 5) is 14.1. The normalized spacial score (nSPS) is 15.9. The fraction of sp³-hybridized carbons (Fsp3) is 0.500. The first-order valence-electron chi connectivity index (χ1n) is 6.16. The van der Waals surface area contributed by atoms with E-state index in [2.05, 4.69) is 11.9 Å². The molecular formula is C14H18FNO. The van der Waals surface area contributed by atoms with Gasteiger partial charge in [0.05, 0.1) is 0 Å². The summed E-state index contributed by atoms with van der Waals surface area (Å²) in [5, 5.41) is 0. The lowest BCUT2D eigenvalue weighted by Gasteiger charge is -2.34. The molecule has 0 saturated heterocycles. The standard InChI is InChI=1S/C14H18FNO/c1-16(13-3-2-4-13)10-9-14(17)11-5-7-12(15)8-6-11/h5-8,13H,2-4,9-10H2,1H3. The summed E-state index contributed by atoms with van der Waals surface area (Å²) in [6.45, 7) is 0.793. The van der Waals surface area contributed by atoms with Crippen LogP contribution in [0.25, 0.3) is 0 Å². The first kappa shape index (κ1) is 12.2. The van der Waals surface area contributed by atoms with E-state index in [0.717, 1.165) is 6.54 Å². The van der Waals surface area contributed by atoms with Gasteiger partial charge in [-0.1, -0.05) is 6.42 Å². The van der Waals surface area contributed by atoms with Gasteiger partial charge in [-0.05, 0) is 44.2 Å². The Morgan fingerprint density at radius 3 is 2.53 bits per heavy atom. The van der Waals surface area contributed by atoms with Gasteiger partial charge >= 0.3 is 0 Å². The van der Waals surface area contributed by atoms with Gasteiger partial charge in [0, 0.05) is 24.6 Å². The smallest absolute Gasteiger partial charge is 0.164 e. The summed E-state index contributed by atoms with van der Waals surface area (Å²) < 4.78 is 12.7. The maximum absolute atomic E-state index is 12.7. The zero-order valence-electron chi connectivity index (χ0n) is 10.2. The summed E-state index contributed by atoms with van der Waals surface area (Å²) in [7, 11) is 2.07. The lowest BCUT2D eigenvalue weighted by atomic mass is 9.91. The van der Waals surface area contributed by atoms with Gasteiger partial charge in [0.15, 0.2) is 5.78 Å². The van der Waals surface area contributed by atoms with Gasteiger partial charge in [0.1, 0.15) is 5.82 Å². The molecule has 1 fully saturated rings. The summed E-state index contributed by atoms with van der Waals surface area (Å²) >= 11 is 0. The molecule has 3 heteroatoms. The van der Waals surface area contributed by atoms with Crippen molar-refractivity contribution in [3.8, 4) is 0 Å². The van der Waals surface area contributed by atoms with Gasteiger partial charge < -0.3 is 4.90 Å². The molecule has 0 amide bonds. The maximum atomic E-state index is 12.7. The quantitative estimate of drug-likeness (QED) is 0.731. The largest absolute Gasteiger partial charge is 0.303 e. The van der Waals surface area contributed by atoms with Crippen molar-refractivity contribution in [3.05, 3.63) is 35.6 Å². The molecule has 0 N–H and O–H groups in total. The molecule has 0 aliphatic heterocycles. The fourth-order valence-corrected chi connectivity index (χ4v) is 2.07. The van der Waals surface area contributed by atoms with Crippen molar-refractivity contribution < 1.29 is 9.18 Å². The molecule has 0 aromatic heterocycles. The molecule has 1 aromatic rings. The number of Topliss-reactive ketones (excluding diaryl/α,β-unsaturated/α-hetero) is 1. The van der Waals surface area contributed by atoms with Crippen molar-refractivity contribution in [3.63, 3.8) is 0 Å². The van der Waals surface area contributed by atoms with Gasteiger partial charge in [-0.25, -0.2) is 4.39 Å². The van der Waals surface area contributed by atoms with Crippen LogP contribution in [0, 0.1) is 5.82 Å². The molecule has 0 unspecified atom stereocenters. The van der Waals surface area contributed by atoms with Gasteiger partial charge in [-0.3, -0.25) is 4.79 Å². The molecule has 1 aromatic carbocycles. The SMILES string of the molecule is CN(CCC(=O)c1ccc(F)cc1)C1CCC1. The number of carbonyl (C=O) groups excluding carboxylic acids is 1. The molecule has 92 valence electrons. The maximum Gasteiger partial charge on any atom is 0.164 e. The van der Waals surface area contributed by atoms with Gasteiger partial charge in [-0.2, -0.15) is 0 Å². The van der Waals surface area contributed by atoms with Crippen LogP contribution in [0.1, 0.15) is 36.0 Å². The minimum absolute atomic E-state index is 0.0937. The van der Waals surface area contributed by atoms with Crippen LogP contribution in [0.4, 0.5) is 4.39 Å².